The Hall–Kier alpha value is -2.48. The molecule has 0 radical (unpaired) electrons. The molecular weight excluding hydrogens is 314 g/mol. The highest BCUT2D eigenvalue weighted by atomic mass is 35.5. The van der Waals surface area contributed by atoms with Gasteiger partial charge >= 0.3 is 6.09 Å². The summed E-state index contributed by atoms with van der Waals surface area (Å²) in [6, 6.07) is 14.6. The lowest BCUT2D eigenvalue weighted by molar-refractivity contribution is 0.141. The van der Waals surface area contributed by atoms with Crippen LogP contribution >= 0.6 is 11.6 Å². The van der Waals surface area contributed by atoms with Crippen LogP contribution in [0, 0.1) is 11.8 Å². The van der Waals surface area contributed by atoms with Crippen LogP contribution in [-0.2, 0) is 18.0 Å². The molecule has 0 aliphatic carbocycles. The van der Waals surface area contributed by atoms with Crippen molar-refractivity contribution < 1.29 is 14.6 Å². The van der Waals surface area contributed by atoms with Gasteiger partial charge in [-0.15, -0.1) is 0 Å². The first-order valence-corrected chi connectivity index (χ1v) is 7.39. The van der Waals surface area contributed by atoms with Gasteiger partial charge in [0.15, 0.2) is 0 Å². The van der Waals surface area contributed by atoms with Gasteiger partial charge < -0.3 is 15.2 Å². The summed E-state index contributed by atoms with van der Waals surface area (Å²) in [5.41, 5.74) is 2.26. The number of amides is 1. The number of benzene rings is 2. The van der Waals surface area contributed by atoms with Gasteiger partial charge in [0.05, 0.1) is 13.2 Å². The maximum Gasteiger partial charge on any atom is 0.408 e. The Balaban J connectivity index is 1.77. The number of nitrogens with one attached hydrogen (secondary N) is 1. The van der Waals surface area contributed by atoms with E-state index >= 15 is 0 Å². The molecule has 2 rings (SSSR count). The molecule has 0 spiro atoms. The number of carbonyl (C=O) groups excluding carboxylic acids is 1. The van der Waals surface area contributed by atoms with Crippen LogP contribution in [0.4, 0.5) is 4.79 Å². The second kappa shape index (κ2) is 8.84. The van der Waals surface area contributed by atoms with Gasteiger partial charge in [-0.2, -0.15) is 0 Å². The van der Waals surface area contributed by atoms with Crippen LogP contribution < -0.4 is 5.32 Å². The molecule has 0 aliphatic rings. The minimum atomic E-state index is -0.518. The first kappa shape index (κ1) is 16.9. The monoisotopic (exact) mass is 329 g/mol. The number of alkyl carbamates (subject to hydrolysis) is 1. The Labute approximate surface area is 140 Å². The molecule has 0 heterocycles. The second-order valence-electron chi connectivity index (χ2n) is 4.68. The maximum atomic E-state index is 11.5. The largest absolute Gasteiger partial charge is 0.445 e. The van der Waals surface area contributed by atoms with E-state index in [2.05, 4.69) is 17.2 Å². The Bertz CT molecular complexity index is 720. The lowest BCUT2D eigenvalue weighted by Gasteiger charge is -2.04. The number of aliphatic hydroxyl groups excluding tert-OH is 1. The van der Waals surface area contributed by atoms with Crippen molar-refractivity contribution in [3.63, 3.8) is 0 Å². The van der Waals surface area contributed by atoms with Gasteiger partial charge in [-0.25, -0.2) is 4.79 Å². The van der Waals surface area contributed by atoms with Crippen molar-refractivity contribution >= 4 is 17.7 Å². The van der Waals surface area contributed by atoms with Crippen LogP contribution in [0.25, 0.3) is 0 Å². The summed E-state index contributed by atoms with van der Waals surface area (Å²) < 4.78 is 5.06. The third-order valence-electron chi connectivity index (χ3n) is 2.98. The molecular formula is C18H16ClNO3. The Kier molecular flexibility index (Phi) is 6.49. The van der Waals surface area contributed by atoms with Crippen molar-refractivity contribution in [1.29, 1.82) is 0 Å². The quantitative estimate of drug-likeness (QED) is 0.847. The fourth-order valence-electron chi connectivity index (χ4n) is 1.81. The molecule has 5 heteroatoms. The van der Waals surface area contributed by atoms with Gasteiger partial charge in [0.1, 0.15) is 6.61 Å². The highest BCUT2D eigenvalue weighted by Gasteiger charge is 2.01. The third kappa shape index (κ3) is 5.67. The van der Waals surface area contributed by atoms with E-state index < -0.39 is 6.09 Å². The predicted octanol–water partition coefficient (Wildman–Crippen LogP) is 3.11. The molecule has 0 saturated carbocycles. The van der Waals surface area contributed by atoms with Crippen LogP contribution in [0.15, 0.2) is 48.5 Å². The number of carbonyl (C=O) groups is 1. The lowest BCUT2D eigenvalue weighted by Crippen LogP contribution is -2.24. The molecule has 0 aliphatic heterocycles. The second-order valence-corrected chi connectivity index (χ2v) is 5.09. The van der Waals surface area contributed by atoms with Crippen LogP contribution in [0.3, 0.4) is 0 Å². The normalized spacial score (nSPS) is 9.65. The Morgan fingerprint density at radius 1 is 1.22 bits per heavy atom. The number of hydrogen-bond acceptors (Lipinski definition) is 3. The molecule has 4 nitrogen and oxygen atoms in total. The van der Waals surface area contributed by atoms with Crippen molar-refractivity contribution in [1.82, 2.24) is 5.32 Å². The highest BCUT2D eigenvalue weighted by Crippen LogP contribution is 2.16. The zero-order valence-electron chi connectivity index (χ0n) is 12.4. The number of rotatable bonds is 4. The van der Waals surface area contributed by atoms with Crippen molar-refractivity contribution in [2.45, 2.75) is 13.2 Å². The SMILES string of the molecule is O=C(NCC#Cc1ccc(Cl)c(CO)c1)OCc1ccccc1. The fraction of sp³-hybridized carbons (Fsp3) is 0.167. The zero-order chi connectivity index (χ0) is 16.5. The van der Waals surface area contributed by atoms with Crippen LogP contribution in [0.5, 0.6) is 0 Å². The van der Waals surface area contributed by atoms with Crippen LogP contribution in [-0.4, -0.2) is 17.7 Å². The summed E-state index contributed by atoms with van der Waals surface area (Å²) in [5.74, 6) is 5.70. The first-order valence-electron chi connectivity index (χ1n) is 7.02. The van der Waals surface area contributed by atoms with Gasteiger partial charge in [0.2, 0.25) is 0 Å². The zero-order valence-corrected chi connectivity index (χ0v) is 13.1. The molecule has 2 aromatic carbocycles. The van der Waals surface area contributed by atoms with E-state index in [0.29, 0.717) is 10.6 Å². The van der Waals surface area contributed by atoms with E-state index in [-0.39, 0.29) is 19.8 Å². The summed E-state index contributed by atoms with van der Waals surface area (Å²) >= 11 is 5.90. The molecule has 0 bridgehead atoms. The van der Waals surface area contributed by atoms with E-state index in [1.807, 2.05) is 30.3 Å². The average molecular weight is 330 g/mol. The molecule has 2 aromatic rings. The minimum absolute atomic E-state index is 0.140. The molecule has 0 unspecified atom stereocenters. The van der Waals surface area contributed by atoms with Crippen molar-refractivity contribution in [2.24, 2.45) is 0 Å². The minimum Gasteiger partial charge on any atom is -0.445 e. The predicted molar refractivity (Wildman–Crippen MR) is 88.9 cm³/mol. The summed E-state index contributed by atoms with van der Waals surface area (Å²) in [5, 5.41) is 12.2. The van der Waals surface area contributed by atoms with Gasteiger partial charge in [0, 0.05) is 10.6 Å². The van der Waals surface area contributed by atoms with Gasteiger partial charge in [-0.1, -0.05) is 53.8 Å². The first-order chi connectivity index (χ1) is 11.2. The molecule has 0 atom stereocenters. The number of hydrogen-bond donors (Lipinski definition) is 2. The molecule has 0 aromatic heterocycles. The van der Waals surface area contributed by atoms with E-state index in [1.165, 1.54) is 0 Å². The van der Waals surface area contributed by atoms with E-state index in [9.17, 15) is 4.79 Å². The standard InChI is InChI=1S/C18H16ClNO3/c19-17-9-8-14(11-16(17)12-21)7-4-10-20-18(22)23-13-15-5-2-1-3-6-15/h1-3,5-6,8-9,11,21H,10,12-13H2,(H,20,22). The van der Waals surface area contributed by atoms with E-state index in [1.54, 1.807) is 18.2 Å². The van der Waals surface area contributed by atoms with Gasteiger partial charge in [-0.3, -0.25) is 0 Å². The molecule has 0 fully saturated rings. The molecule has 118 valence electrons. The van der Waals surface area contributed by atoms with E-state index in [0.717, 1.165) is 11.1 Å². The smallest absolute Gasteiger partial charge is 0.408 e. The molecule has 1 amide bonds. The van der Waals surface area contributed by atoms with Crippen LogP contribution in [0.1, 0.15) is 16.7 Å². The fourth-order valence-corrected chi connectivity index (χ4v) is 1.99. The van der Waals surface area contributed by atoms with Gasteiger partial charge in [-0.05, 0) is 29.3 Å². The maximum absolute atomic E-state index is 11.5. The summed E-state index contributed by atoms with van der Waals surface area (Å²) in [6.07, 6.45) is -0.518. The molecule has 0 saturated heterocycles. The number of ether oxygens (including phenoxy) is 1. The number of halogens is 1. The summed E-state index contributed by atoms with van der Waals surface area (Å²) in [7, 11) is 0. The Morgan fingerprint density at radius 3 is 2.74 bits per heavy atom. The lowest BCUT2D eigenvalue weighted by atomic mass is 10.1. The third-order valence-corrected chi connectivity index (χ3v) is 3.35. The average Bonchev–Trinajstić information content (AvgIpc) is 2.59. The van der Waals surface area contributed by atoms with Crippen molar-refractivity contribution in [3.05, 3.63) is 70.2 Å². The Morgan fingerprint density at radius 2 is 2.00 bits per heavy atom. The topological polar surface area (TPSA) is 58.6 Å². The van der Waals surface area contributed by atoms with Gasteiger partial charge in [0.25, 0.3) is 0 Å². The molecule has 23 heavy (non-hydrogen) atoms. The van der Waals surface area contributed by atoms with Crippen LogP contribution in [0.2, 0.25) is 5.02 Å². The highest BCUT2D eigenvalue weighted by molar-refractivity contribution is 6.31. The van der Waals surface area contributed by atoms with Crippen molar-refractivity contribution in [3.8, 4) is 11.8 Å². The summed E-state index contributed by atoms with van der Waals surface area (Å²) in [4.78, 5) is 11.5. The summed E-state index contributed by atoms with van der Waals surface area (Å²) in [6.45, 7) is 0.250. The van der Waals surface area contributed by atoms with Crippen molar-refractivity contribution in [2.75, 3.05) is 6.54 Å². The van der Waals surface area contributed by atoms with E-state index in [4.69, 9.17) is 21.4 Å². The molecule has 2 N–H and O–H groups in total. The number of aliphatic hydroxyl groups is 1.